The minimum atomic E-state index is -2.88. The highest BCUT2D eigenvalue weighted by atomic mass is 31.1. The molecule has 1 atom stereocenters. The van der Waals surface area contributed by atoms with Crippen LogP contribution in [0.4, 0.5) is 4.39 Å². The maximum absolute atomic E-state index is 13.6. The van der Waals surface area contributed by atoms with Crippen molar-refractivity contribution >= 4 is 8.25 Å². The fourth-order valence-electron chi connectivity index (χ4n) is 3.50. The fourth-order valence-corrected chi connectivity index (χ4v) is 3.83. The maximum Gasteiger partial charge on any atom is 0.747 e. The van der Waals surface area contributed by atoms with E-state index in [0.717, 1.165) is 5.56 Å². The molecule has 156 valence electrons. The molecule has 0 aliphatic heterocycles. The molecule has 0 saturated carbocycles. The normalized spacial score (nSPS) is 11.6. The van der Waals surface area contributed by atoms with Crippen LogP contribution in [0.15, 0.2) is 53.3 Å². The fraction of sp³-hybridized carbons (Fsp3) is 0.273. The Morgan fingerprint density at radius 2 is 1.93 bits per heavy atom. The van der Waals surface area contributed by atoms with Gasteiger partial charge in [0, 0.05) is 22.4 Å². The van der Waals surface area contributed by atoms with Crippen molar-refractivity contribution < 1.29 is 18.4 Å². The predicted octanol–water partition coefficient (Wildman–Crippen LogP) is 4.75. The van der Waals surface area contributed by atoms with Crippen molar-refractivity contribution in [3.05, 3.63) is 81.5 Å². The van der Waals surface area contributed by atoms with Crippen LogP contribution in [-0.2, 0) is 17.5 Å². The number of benzene rings is 2. The third kappa shape index (κ3) is 4.81. The van der Waals surface area contributed by atoms with Gasteiger partial charge < -0.3 is 0 Å². The molecule has 0 aliphatic carbocycles. The van der Waals surface area contributed by atoms with Gasteiger partial charge in [0.05, 0.1) is 5.56 Å². The monoisotopic (exact) mass is 429 g/mol. The van der Waals surface area contributed by atoms with E-state index in [0.29, 0.717) is 29.1 Å². The lowest BCUT2D eigenvalue weighted by Gasteiger charge is -2.18. The van der Waals surface area contributed by atoms with E-state index < -0.39 is 8.25 Å². The summed E-state index contributed by atoms with van der Waals surface area (Å²) in [7, 11) is -2.88. The van der Waals surface area contributed by atoms with Crippen molar-refractivity contribution in [2.75, 3.05) is 0 Å². The highest BCUT2D eigenvalue weighted by Crippen LogP contribution is 2.33. The van der Waals surface area contributed by atoms with Crippen LogP contribution >= 0.6 is 8.25 Å². The van der Waals surface area contributed by atoms with E-state index in [9.17, 15) is 18.6 Å². The second kappa shape index (κ2) is 9.28. The van der Waals surface area contributed by atoms with Crippen LogP contribution in [-0.4, -0.2) is 14.4 Å². The molecule has 1 aromatic heterocycles. The van der Waals surface area contributed by atoms with Gasteiger partial charge in [0.15, 0.2) is 0 Å². The number of hydrogen-bond acceptors (Lipinski definition) is 4. The van der Waals surface area contributed by atoms with Crippen molar-refractivity contribution in [1.29, 1.82) is 0 Å². The third-order valence-corrected chi connectivity index (χ3v) is 5.14. The molecule has 0 amide bonds. The van der Waals surface area contributed by atoms with E-state index in [1.807, 2.05) is 13.8 Å². The standard InChI is InChI=1S/C22H22FN2O4P/c1-14(2)20-15(3)24-21(18-9-4-5-10-19(18)29-30(27)28)25(22(20)26)12-11-16-7-6-8-17(23)13-16/h4-10,13-14H,11-12H2,1-3H3/p+1. The van der Waals surface area contributed by atoms with Crippen molar-refractivity contribution in [3.63, 3.8) is 0 Å². The summed E-state index contributed by atoms with van der Waals surface area (Å²) < 4.78 is 31.4. The molecule has 0 bridgehead atoms. The average molecular weight is 429 g/mol. The summed E-state index contributed by atoms with van der Waals surface area (Å²) in [4.78, 5) is 27.2. The smallest absolute Gasteiger partial charge is 0.292 e. The SMILES string of the molecule is Cc1nc(-c2ccccc2O[P+](=O)O)n(CCc2cccc(F)c2)c(=O)c1C(C)C. The van der Waals surface area contributed by atoms with Gasteiger partial charge in [-0.05, 0) is 49.1 Å². The summed E-state index contributed by atoms with van der Waals surface area (Å²) in [5, 5.41) is 0. The van der Waals surface area contributed by atoms with Crippen molar-refractivity contribution in [2.24, 2.45) is 0 Å². The summed E-state index contributed by atoms with van der Waals surface area (Å²) in [5.41, 5.74) is 2.19. The van der Waals surface area contributed by atoms with E-state index in [1.165, 1.54) is 16.7 Å². The number of aryl methyl sites for hydroxylation is 2. The zero-order valence-electron chi connectivity index (χ0n) is 17.0. The van der Waals surface area contributed by atoms with Crippen molar-refractivity contribution in [2.45, 2.75) is 39.7 Å². The van der Waals surface area contributed by atoms with Crippen LogP contribution in [0.2, 0.25) is 0 Å². The van der Waals surface area contributed by atoms with Crippen LogP contribution in [0, 0.1) is 12.7 Å². The predicted molar refractivity (Wildman–Crippen MR) is 113 cm³/mol. The molecule has 0 aliphatic rings. The van der Waals surface area contributed by atoms with E-state index in [2.05, 4.69) is 4.98 Å². The molecule has 1 heterocycles. The Kier molecular flexibility index (Phi) is 6.75. The van der Waals surface area contributed by atoms with E-state index >= 15 is 0 Å². The molecule has 6 nitrogen and oxygen atoms in total. The summed E-state index contributed by atoms with van der Waals surface area (Å²) in [6.07, 6.45) is 0.421. The molecule has 0 spiro atoms. The van der Waals surface area contributed by atoms with E-state index in [4.69, 9.17) is 4.52 Å². The van der Waals surface area contributed by atoms with Crippen LogP contribution in [0.3, 0.4) is 0 Å². The third-order valence-electron chi connectivity index (χ3n) is 4.79. The minimum absolute atomic E-state index is 0.0297. The van der Waals surface area contributed by atoms with Gasteiger partial charge in [-0.25, -0.2) is 13.9 Å². The quantitative estimate of drug-likeness (QED) is 0.548. The number of halogens is 1. The number of hydrogen-bond donors (Lipinski definition) is 1. The lowest BCUT2D eigenvalue weighted by atomic mass is 10.0. The van der Waals surface area contributed by atoms with Gasteiger partial charge in [0.25, 0.3) is 5.56 Å². The van der Waals surface area contributed by atoms with Gasteiger partial charge in [-0.15, -0.1) is 4.89 Å². The molecule has 2 aromatic carbocycles. The topological polar surface area (TPSA) is 81.4 Å². The Balaban J connectivity index is 2.15. The largest absolute Gasteiger partial charge is 0.747 e. The van der Waals surface area contributed by atoms with E-state index in [-0.39, 0.29) is 29.6 Å². The Morgan fingerprint density at radius 1 is 1.20 bits per heavy atom. The van der Waals surface area contributed by atoms with Gasteiger partial charge in [0.2, 0.25) is 5.75 Å². The Bertz CT molecular complexity index is 1140. The summed E-state index contributed by atoms with van der Waals surface area (Å²) in [6, 6.07) is 12.9. The summed E-state index contributed by atoms with van der Waals surface area (Å²) in [5.74, 6) is 0.128. The van der Waals surface area contributed by atoms with Crippen LogP contribution in [0.5, 0.6) is 5.75 Å². The highest BCUT2D eigenvalue weighted by Gasteiger charge is 2.23. The molecular formula is C22H23FN2O4P+. The number of rotatable bonds is 7. The molecule has 3 rings (SSSR count). The van der Waals surface area contributed by atoms with Gasteiger partial charge >= 0.3 is 8.25 Å². The van der Waals surface area contributed by atoms with Crippen molar-refractivity contribution in [3.8, 4) is 17.1 Å². The summed E-state index contributed by atoms with van der Waals surface area (Å²) >= 11 is 0. The lowest BCUT2D eigenvalue weighted by Crippen LogP contribution is -2.29. The second-order valence-corrected chi connectivity index (χ2v) is 7.91. The first-order valence-electron chi connectivity index (χ1n) is 9.57. The van der Waals surface area contributed by atoms with E-state index in [1.54, 1.807) is 43.3 Å². The maximum atomic E-state index is 13.6. The molecular weight excluding hydrogens is 406 g/mol. The summed E-state index contributed by atoms with van der Waals surface area (Å²) in [6.45, 7) is 5.89. The van der Waals surface area contributed by atoms with Crippen LogP contribution in [0.1, 0.15) is 36.6 Å². The highest BCUT2D eigenvalue weighted by molar-refractivity contribution is 7.32. The molecule has 1 N–H and O–H groups in total. The van der Waals surface area contributed by atoms with Crippen LogP contribution in [0.25, 0.3) is 11.4 Å². The molecule has 8 heteroatoms. The Labute approximate surface area is 174 Å². The Morgan fingerprint density at radius 3 is 2.60 bits per heavy atom. The molecule has 1 unspecified atom stereocenters. The molecule has 0 radical (unpaired) electrons. The zero-order valence-corrected chi connectivity index (χ0v) is 17.9. The molecule has 0 fully saturated rings. The first-order chi connectivity index (χ1) is 14.3. The van der Waals surface area contributed by atoms with Gasteiger partial charge in [-0.2, -0.15) is 0 Å². The lowest BCUT2D eigenvalue weighted by molar-refractivity contribution is 0.411. The average Bonchev–Trinajstić information content (AvgIpc) is 2.66. The zero-order chi connectivity index (χ0) is 21.8. The first-order valence-corrected chi connectivity index (χ1v) is 10.7. The molecule has 0 saturated heterocycles. The van der Waals surface area contributed by atoms with Crippen LogP contribution < -0.4 is 10.1 Å². The molecule has 30 heavy (non-hydrogen) atoms. The van der Waals surface area contributed by atoms with Gasteiger partial charge in [-0.1, -0.05) is 38.1 Å². The minimum Gasteiger partial charge on any atom is -0.292 e. The number of nitrogens with zero attached hydrogens (tertiary/aromatic N) is 2. The number of para-hydroxylation sites is 1. The Hall–Kier alpha value is -2.89. The first kappa shape index (κ1) is 21.8. The molecule has 3 aromatic rings. The van der Waals surface area contributed by atoms with Crippen molar-refractivity contribution in [1.82, 2.24) is 9.55 Å². The second-order valence-electron chi connectivity index (χ2n) is 7.25. The van der Waals surface area contributed by atoms with Gasteiger partial charge in [-0.3, -0.25) is 9.36 Å². The van der Waals surface area contributed by atoms with Gasteiger partial charge in [0.1, 0.15) is 11.6 Å². The number of aromatic nitrogens is 2.